The minimum absolute atomic E-state index is 0.113. The first-order valence-electron chi connectivity index (χ1n) is 17.9. The van der Waals surface area contributed by atoms with E-state index in [9.17, 15) is 19.5 Å². The van der Waals surface area contributed by atoms with E-state index in [4.69, 9.17) is 14.2 Å². The lowest BCUT2D eigenvalue weighted by Gasteiger charge is -2.30. The summed E-state index contributed by atoms with van der Waals surface area (Å²) in [5.41, 5.74) is 2.68. The van der Waals surface area contributed by atoms with Crippen molar-refractivity contribution in [3.05, 3.63) is 106 Å². The maximum Gasteiger partial charge on any atom is 0.407 e. The van der Waals surface area contributed by atoms with Crippen LogP contribution < -0.4 is 16.0 Å². The van der Waals surface area contributed by atoms with Crippen LogP contribution in [0.3, 0.4) is 0 Å². The van der Waals surface area contributed by atoms with Crippen LogP contribution in [0, 0.1) is 5.92 Å². The number of aromatic nitrogens is 2. The zero-order valence-corrected chi connectivity index (χ0v) is 31.5. The fourth-order valence-corrected chi connectivity index (χ4v) is 7.03. The van der Waals surface area contributed by atoms with Crippen molar-refractivity contribution in [1.29, 1.82) is 0 Å². The van der Waals surface area contributed by atoms with Gasteiger partial charge in [0.2, 0.25) is 5.91 Å². The molecule has 12 nitrogen and oxygen atoms in total. The van der Waals surface area contributed by atoms with Crippen LogP contribution in [-0.4, -0.2) is 69.5 Å². The van der Waals surface area contributed by atoms with Crippen molar-refractivity contribution in [3.8, 4) is 0 Å². The lowest BCUT2D eigenvalue weighted by molar-refractivity contribution is -0.124. The Hall–Kier alpha value is -4.75. The van der Waals surface area contributed by atoms with E-state index in [0.717, 1.165) is 34.7 Å². The minimum Gasteiger partial charge on any atom is -0.441 e. The number of alkyl carbamates (subject to hydrolysis) is 1. The molecule has 4 N–H and O–H groups in total. The largest absolute Gasteiger partial charge is 0.441 e. The Bertz CT molecular complexity index is 1650. The van der Waals surface area contributed by atoms with Gasteiger partial charge in [0, 0.05) is 30.5 Å². The van der Waals surface area contributed by atoms with Crippen LogP contribution in [0.25, 0.3) is 0 Å². The molecule has 2 aromatic carbocycles. The summed E-state index contributed by atoms with van der Waals surface area (Å²) in [6.07, 6.45) is 2.52. The van der Waals surface area contributed by atoms with Crippen molar-refractivity contribution in [1.82, 2.24) is 31.0 Å². The number of rotatable bonds is 19. The minimum atomic E-state index is -1.08. The Labute approximate surface area is 310 Å². The molecular weight excluding hydrogens is 681 g/mol. The number of benzene rings is 2. The van der Waals surface area contributed by atoms with Crippen LogP contribution in [0.15, 0.2) is 82.8 Å². The SMILES string of the molecule is CCC(CC)c1nc(CN(C)C(=O)N[C@H](C(=O)N[C@@H](Cc2ccccc2)C[C@H](O)[C@H](Cc2ccccc2)NC(=O)OCc2ccno2)C(C)C)cs1. The summed E-state index contributed by atoms with van der Waals surface area (Å²) in [6.45, 7) is 8.24. The normalized spacial score (nSPS) is 13.6. The summed E-state index contributed by atoms with van der Waals surface area (Å²) in [7, 11) is 1.69. The Morgan fingerprint density at radius 3 is 2.17 bits per heavy atom. The fourth-order valence-electron chi connectivity index (χ4n) is 5.95. The van der Waals surface area contributed by atoms with Crippen molar-refractivity contribution >= 4 is 29.4 Å². The van der Waals surface area contributed by atoms with E-state index in [2.05, 4.69) is 35.0 Å². The van der Waals surface area contributed by atoms with Crippen molar-refractivity contribution in [2.24, 2.45) is 5.92 Å². The fraction of sp³-hybridized carbons (Fsp3) is 0.462. The Balaban J connectivity index is 1.46. The molecule has 0 saturated carbocycles. The standard InChI is InChI=1S/C39H52N6O6S/c1-6-29(7-2)37-42-31(25-52-37)23-45(5)38(48)44-35(26(3)4)36(47)41-30(20-27-14-10-8-11-15-27)22-34(46)33(21-28-16-12-9-13-17-28)43-39(49)50-24-32-18-19-40-51-32/h8-19,25-26,29-30,33-35,46H,6-7,20-24H2,1-5H3,(H,41,47)(H,43,49)(H,44,48)/t30-,33-,34-,35-/m0/s1. The van der Waals surface area contributed by atoms with Gasteiger partial charge in [0.05, 0.1) is 35.6 Å². The van der Waals surface area contributed by atoms with Gasteiger partial charge in [-0.1, -0.05) is 93.5 Å². The molecule has 2 aromatic heterocycles. The number of aliphatic hydroxyl groups excluding tert-OH is 1. The van der Waals surface area contributed by atoms with Crippen LogP contribution in [0.5, 0.6) is 0 Å². The molecule has 4 atom stereocenters. The second kappa shape index (κ2) is 20.3. The molecule has 0 aliphatic rings. The van der Waals surface area contributed by atoms with Gasteiger partial charge in [-0.05, 0) is 49.1 Å². The highest BCUT2D eigenvalue weighted by molar-refractivity contribution is 7.09. The lowest BCUT2D eigenvalue weighted by atomic mass is 9.93. The van der Waals surface area contributed by atoms with Gasteiger partial charge in [0.25, 0.3) is 0 Å². The third kappa shape index (κ3) is 12.5. The molecule has 0 aliphatic carbocycles. The summed E-state index contributed by atoms with van der Waals surface area (Å²) >= 11 is 1.61. The average Bonchev–Trinajstić information content (AvgIpc) is 3.83. The second-order valence-electron chi connectivity index (χ2n) is 13.4. The molecule has 0 radical (unpaired) electrons. The maximum atomic E-state index is 13.9. The molecule has 4 aromatic rings. The van der Waals surface area contributed by atoms with Crippen LogP contribution in [0.4, 0.5) is 9.59 Å². The van der Waals surface area contributed by atoms with Gasteiger partial charge in [-0.25, -0.2) is 14.6 Å². The highest BCUT2D eigenvalue weighted by Crippen LogP contribution is 2.26. The molecule has 0 fully saturated rings. The van der Waals surface area contributed by atoms with Gasteiger partial charge in [-0.2, -0.15) is 0 Å². The lowest BCUT2D eigenvalue weighted by Crippen LogP contribution is -2.55. The van der Waals surface area contributed by atoms with Crippen molar-refractivity contribution < 1.29 is 28.8 Å². The third-order valence-electron chi connectivity index (χ3n) is 8.98. The van der Waals surface area contributed by atoms with Crippen LogP contribution in [-0.2, 0) is 35.5 Å². The molecule has 0 saturated heterocycles. The molecule has 4 amide bonds. The predicted octanol–water partition coefficient (Wildman–Crippen LogP) is 6.22. The molecule has 13 heteroatoms. The van der Waals surface area contributed by atoms with E-state index in [1.54, 1.807) is 24.5 Å². The molecule has 52 heavy (non-hydrogen) atoms. The highest BCUT2D eigenvalue weighted by Gasteiger charge is 2.31. The summed E-state index contributed by atoms with van der Waals surface area (Å²) in [6, 6.07) is 18.2. The summed E-state index contributed by atoms with van der Waals surface area (Å²) < 4.78 is 10.3. The number of thiazole rings is 1. The van der Waals surface area contributed by atoms with Gasteiger partial charge in [0.1, 0.15) is 6.04 Å². The molecule has 280 valence electrons. The highest BCUT2D eigenvalue weighted by atomic mass is 32.1. The number of aliphatic hydroxyl groups is 1. The number of amides is 4. The summed E-state index contributed by atoms with van der Waals surface area (Å²) in [5, 5.41) is 27.2. The molecular formula is C39H52N6O6S. The smallest absolute Gasteiger partial charge is 0.407 e. The van der Waals surface area contributed by atoms with Crippen LogP contribution in [0.1, 0.15) is 80.5 Å². The number of urea groups is 1. The molecule has 2 heterocycles. The Morgan fingerprint density at radius 1 is 0.923 bits per heavy atom. The topological polar surface area (TPSA) is 159 Å². The first-order chi connectivity index (χ1) is 25.1. The first kappa shape index (κ1) is 40.0. The second-order valence-corrected chi connectivity index (χ2v) is 14.3. The zero-order valence-electron chi connectivity index (χ0n) is 30.7. The van der Waals surface area contributed by atoms with Crippen molar-refractivity contribution in [3.63, 3.8) is 0 Å². The molecule has 4 rings (SSSR count). The van der Waals surface area contributed by atoms with E-state index in [1.807, 2.05) is 79.9 Å². The van der Waals surface area contributed by atoms with Crippen molar-refractivity contribution in [2.45, 2.75) is 103 Å². The number of hydrogen-bond donors (Lipinski definition) is 4. The van der Waals surface area contributed by atoms with Gasteiger partial charge in [0.15, 0.2) is 12.4 Å². The number of nitrogens with one attached hydrogen (secondary N) is 3. The summed E-state index contributed by atoms with van der Waals surface area (Å²) in [5.74, 6) is 0.187. The average molecular weight is 733 g/mol. The van der Waals surface area contributed by atoms with Gasteiger partial charge in [-0.15, -0.1) is 11.3 Å². The molecule has 0 spiro atoms. The van der Waals surface area contributed by atoms with E-state index in [-0.39, 0.29) is 30.9 Å². The van der Waals surface area contributed by atoms with Gasteiger partial charge >= 0.3 is 12.1 Å². The zero-order chi connectivity index (χ0) is 37.5. The Kier molecular flexibility index (Phi) is 15.6. The number of hydrogen-bond acceptors (Lipinski definition) is 9. The maximum absolute atomic E-state index is 13.9. The monoisotopic (exact) mass is 732 g/mol. The van der Waals surface area contributed by atoms with Gasteiger partial charge in [-0.3, -0.25) is 4.79 Å². The van der Waals surface area contributed by atoms with E-state index < -0.39 is 30.3 Å². The first-order valence-corrected chi connectivity index (χ1v) is 18.8. The Morgan fingerprint density at radius 2 is 1.58 bits per heavy atom. The number of nitrogens with zero attached hydrogens (tertiary/aromatic N) is 3. The van der Waals surface area contributed by atoms with Gasteiger partial charge < -0.3 is 35.2 Å². The quantitative estimate of drug-likeness (QED) is 0.0885. The third-order valence-corrected chi connectivity index (χ3v) is 10.0. The van der Waals surface area contributed by atoms with E-state index >= 15 is 0 Å². The number of carbonyl (C=O) groups is 3. The van der Waals surface area contributed by atoms with Crippen LogP contribution in [0.2, 0.25) is 0 Å². The summed E-state index contributed by atoms with van der Waals surface area (Å²) in [4.78, 5) is 46.5. The van der Waals surface area contributed by atoms with E-state index in [1.165, 1.54) is 11.1 Å². The van der Waals surface area contributed by atoms with Crippen molar-refractivity contribution in [2.75, 3.05) is 7.05 Å². The molecule has 0 bridgehead atoms. The molecule has 0 unspecified atom stereocenters. The number of ether oxygens (including phenoxy) is 1. The van der Waals surface area contributed by atoms with E-state index in [0.29, 0.717) is 31.1 Å². The molecule has 0 aliphatic heterocycles. The van der Waals surface area contributed by atoms with Crippen LogP contribution >= 0.6 is 11.3 Å². The number of carbonyl (C=O) groups excluding carboxylic acids is 3. The predicted molar refractivity (Wildman–Crippen MR) is 201 cm³/mol.